The van der Waals surface area contributed by atoms with Crippen molar-refractivity contribution in [3.05, 3.63) is 59.4 Å². The fourth-order valence-electron chi connectivity index (χ4n) is 4.94. The van der Waals surface area contributed by atoms with Crippen LogP contribution in [-0.2, 0) is 9.59 Å². The quantitative estimate of drug-likeness (QED) is 0.159. The van der Waals surface area contributed by atoms with Crippen LogP contribution in [-0.4, -0.2) is 78.9 Å². The number of aromatic nitrogens is 1. The summed E-state index contributed by atoms with van der Waals surface area (Å²) in [4.78, 5) is 46.0. The van der Waals surface area contributed by atoms with Gasteiger partial charge in [-0.1, -0.05) is 43.7 Å². The van der Waals surface area contributed by atoms with Gasteiger partial charge in [-0.2, -0.15) is 0 Å². The number of carbonyl (C=O) groups is 2. The topological polar surface area (TPSA) is 103 Å². The van der Waals surface area contributed by atoms with Crippen molar-refractivity contribution in [3.8, 4) is 11.3 Å². The maximum absolute atomic E-state index is 15.0. The largest absolute Gasteiger partial charge is 0.357 e. The van der Waals surface area contributed by atoms with Crippen LogP contribution in [0.5, 0.6) is 0 Å². The Hall–Kier alpha value is -3.92. The first kappa shape index (κ1) is 31.6. The lowest BCUT2D eigenvalue weighted by molar-refractivity contribution is -0.110. The van der Waals surface area contributed by atoms with Crippen molar-refractivity contribution in [2.75, 3.05) is 25.0 Å². The SMILES string of the molecule is C=CCCN(/C(=N/C)c1cc(Cl)c(-c2ccccc2F)nc1N(C=O)C1C(C)=NC=NC1C(C)C)C(C)CNC=O. The third-order valence-corrected chi connectivity index (χ3v) is 7.29. The lowest BCUT2D eigenvalue weighted by atomic mass is 9.91. The molecule has 0 fully saturated rings. The first-order chi connectivity index (χ1) is 19.7. The molecule has 1 aromatic carbocycles. The molecular formula is C30H37ClFN7O2. The van der Waals surface area contributed by atoms with E-state index >= 15 is 0 Å². The maximum Gasteiger partial charge on any atom is 0.216 e. The van der Waals surface area contributed by atoms with Crippen LogP contribution in [0.4, 0.5) is 10.2 Å². The summed E-state index contributed by atoms with van der Waals surface area (Å²) in [6, 6.07) is 6.83. The maximum atomic E-state index is 15.0. The highest BCUT2D eigenvalue weighted by molar-refractivity contribution is 6.33. The predicted octanol–water partition coefficient (Wildman–Crippen LogP) is 4.79. The molecule has 3 atom stereocenters. The van der Waals surface area contributed by atoms with Gasteiger partial charge in [-0.3, -0.25) is 24.5 Å². The fraction of sp³-hybridized carbons (Fsp3) is 0.400. The van der Waals surface area contributed by atoms with Gasteiger partial charge in [0, 0.05) is 37.5 Å². The van der Waals surface area contributed by atoms with Crippen LogP contribution in [0, 0.1) is 11.7 Å². The van der Waals surface area contributed by atoms with Crippen molar-refractivity contribution in [3.63, 3.8) is 0 Å². The number of anilines is 1. The second-order valence-corrected chi connectivity index (χ2v) is 10.5. The minimum atomic E-state index is -0.549. The molecular weight excluding hydrogens is 545 g/mol. The number of amidine groups is 1. The Labute approximate surface area is 245 Å². The van der Waals surface area contributed by atoms with E-state index in [-0.39, 0.29) is 40.1 Å². The van der Waals surface area contributed by atoms with Gasteiger partial charge in [-0.05, 0) is 44.4 Å². The van der Waals surface area contributed by atoms with Crippen molar-refractivity contribution in [1.29, 1.82) is 0 Å². The van der Waals surface area contributed by atoms with E-state index in [0.29, 0.717) is 49.4 Å². The molecule has 0 bridgehead atoms. The standard InChI is InChI=1S/C30H37ClFN7O2/c1-7-8-13-38(20(4)15-34-17-40)29(33-6)23-14-24(31)27(22-11-9-10-12-25(22)32)37-30(23)39(18-41)28-21(5)35-16-36-26(28)19(2)3/h7,9-12,14,16-20,26,28H,1,8,13,15H2,2-6H3,(H,34,40)/b33-29+. The van der Waals surface area contributed by atoms with E-state index in [1.54, 1.807) is 37.4 Å². The molecule has 9 nitrogen and oxygen atoms in total. The third-order valence-electron chi connectivity index (χ3n) is 7.00. The van der Waals surface area contributed by atoms with E-state index in [9.17, 15) is 14.0 Å². The Balaban J connectivity index is 2.32. The van der Waals surface area contributed by atoms with Crippen LogP contribution >= 0.6 is 11.6 Å². The summed E-state index contributed by atoms with van der Waals surface area (Å²) in [7, 11) is 1.64. The van der Waals surface area contributed by atoms with Crippen LogP contribution in [0.25, 0.3) is 11.3 Å². The number of hydrogen-bond acceptors (Lipinski definition) is 6. The molecule has 0 radical (unpaired) electrons. The summed E-state index contributed by atoms with van der Waals surface area (Å²) in [6.07, 6.45) is 5.27. The third kappa shape index (κ3) is 7.05. The number of benzene rings is 1. The van der Waals surface area contributed by atoms with E-state index in [4.69, 9.17) is 16.6 Å². The van der Waals surface area contributed by atoms with Gasteiger partial charge in [0.25, 0.3) is 0 Å². The van der Waals surface area contributed by atoms with Crippen molar-refractivity contribution in [2.45, 2.75) is 52.2 Å². The summed E-state index contributed by atoms with van der Waals surface area (Å²) < 4.78 is 15.0. The van der Waals surface area contributed by atoms with E-state index in [0.717, 1.165) is 0 Å². The average molecular weight is 582 g/mol. The van der Waals surface area contributed by atoms with Crippen molar-refractivity contribution in [2.24, 2.45) is 20.9 Å². The van der Waals surface area contributed by atoms with E-state index in [2.05, 4.69) is 26.9 Å². The first-order valence-corrected chi connectivity index (χ1v) is 13.8. The van der Waals surface area contributed by atoms with Gasteiger partial charge in [0.05, 0.1) is 28.4 Å². The molecule has 11 heteroatoms. The summed E-state index contributed by atoms with van der Waals surface area (Å²) in [5, 5.41) is 2.91. The van der Waals surface area contributed by atoms with Gasteiger partial charge in [0.2, 0.25) is 12.8 Å². The van der Waals surface area contributed by atoms with Crippen molar-refractivity contribution < 1.29 is 14.0 Å². The molecule has 1 aromatic heterocycles. The molecule has 2 aromatic rings. The lowest BCUT2D eigenvalue weighted by Gasteiger charge is -2.38. The molecule has 41 heavy (non-hydrogen) atoms. The second kappa shape index (κ2) is 14.6. The Morgan fingerprint density at radius 1 is 1.27 bits per heavy atom. The molecule has 218 valence electrons. The molecule has 1 aliphatic heterocycles. The summed E-state index contributed by atoms with van der Waals surface area (Å²) in [6.45, 7) is 12.6. The summed E-state index contributed by atoms with van der Waals surface area (Å²) in [5.74, 6) is 0.315. The molecule has 3 rings (SSSR count). The number of rotatable bonds is 13. The first-order valence-electron chi connectivity index (χ1n) is 13.5. The van der Waals surface area contributed by atoms with Crippen molar-refractivity contribution in [1.82, 2.24) is 15.2 Å². The molecule has 0 aliphatic carbocycles. The average Bonchev–Trinajstić information content (AvgIpc) is 2.96. The zero-order valence-corrected chi connectivity index (χ0v) is 24.8. The van der Waals surface area contributed by atoms with Gasteiger partial charge in [0.15, 0.2) is 0 Å². The normalized spacial score (nSPS) is 17.6. The Kier molecular flexibility index (Phi) is 11.3. The van der Waals surface area contributed by atoms with E-state index in [1.807, 2.05) is 32.6 Å². The number of carbonyl (C=O) groups excluding carboxylic acids is 2. The van der Waals surface area contributed by atoms with Crippen molar-refractivity contribution >= 4 is 48.1 Å². The van der Waals surface area contributed by atoms with Crippen LogP contribution in [0.2, 0.25) is 5.02 Å². The van der Waals surface area contributed by atoms with Crippen LogP contribution < -0.4 is 10.2 Å². The van der Waals surface area contributed by atoms with Gasteiger partial charge >= 0.3 is 0 Å². The molecule has 2 heterocycles. The van der Waals surface area contributed by atoms with Gasteiger partial charge in [-0.15, -0.1) is 6.58 Å². The number of pyridine rings is 1. The minimum Gasteiger partial charge on any atom is -0.357 e. The second-order valence-electron chi connectivity index (χ2n) is 10.1. The number of nitrogens with one attached hydrogen (secondary N) is 1. The van der Waals surface area contributed by atoms with E-state index < -0.39 is 11.9 Å². The Morgan fingerprint density at radius 2 is 2.00 bits per heavy atom. The predicted molar refractivity (Wildman–Crippen MR) is 165 cm³/mol. The van der Waals surface area contributed by atoms with Gasteiger partial charge in [0.1, 0.15) is 23.8 Å². The highest BCUT2D eigenvalue weighted by atomic mass is 35.5. The van der Waals surface area contributed by atoms with Crippen LogP contribution in [0.3, 0.4) is 0 Å². The molecule has 3 unspecified atom stereocenters. The molecule has 1 N–H and O–H groups in total. The summed E-state index contributed by atoms with van der Waals surface area (Å²) in [5.41, 5.74) is 1.54. The molecule has 1 aliphatic rings. The fourth-order valence-corrected chi connectivity index (χ4v) is 5.19. The van der Waals surface area contributed by atoms with E-state index in [1.165, 1.54) is 17.3 Å². The number of hydrogen-bond donors (Lipinski definition) is 1. The molecule has 0 saturated carbocycles. The Bertz CT molecular complexity index is 1340. The Morgan fingerprint density at radius 3 is 2.61 bits per heavy atom. The zero-order chi connectivity index (χ0) is 30.1. The number of aliphatic imine (C=N–C) groups is 3. The highest BCUT2D eigenvalue weighted by Gasteiger charge is 2.37. The zero-order valence-electron chi connectivity index (χ0n) is 24.1. The minimum absolute atomic E-state index is 0.0729. The van der Waals surface area contributed by atoms with Crippen LogP contribution in [0.15, 0.2) is 58.0 Å². The number of nitrogens with zero attached hydrogens (tertiary/aromatic N) is 6. The van der Waals surface area contributed by atoms with Gasteiger partial charge in [-0.25, -0.2) is 14.4 Å². The molecule has 2 amide bonds. The number of halogens is 2. The molecule has 0 saturated heterocycles. The number of amides is 2. The van der Waals surface area contributed by atoms with Crippen LogP contribution in [0.1, 0.15) is 39.7 Å². The summed E-state index contributed by atoms with van der Waals surface area (Å²) >= 11 is 6.79. The lowest BCUT2D eigenvalue weighted by Crippen LogP contribution is -2.52. The highest BCUT2D eigenvalue weighted by Crippen LogP contribution is 2.35. The molecule has 0 spiro atoms. The smallest absolute Gasteiger partial charge is 0.216 e. The van der Waals surface area contributed by atoms with Gasteiger partial charge < -0.3 is 10.2 Å². The monoisotopic (exact) mass is 581 g/mol.